The van der Waals surface area contributed by atoms with Gasteiger partial charge < -0.3 is 14.1 Å². The van der Waals surface area contributed by atoms with Crippen molar-refractivity contribution in [2.45, 2.75) is 63.6 Å². The molecule has 1 aromatic rings. The lowest BCUT2D eigenvalue weighted by molar-refractivity contribution is -0.218. The molecule has 3 aliphatic carbocycles. The van der Waals surface area contributed by atoms with E-state index < -0.39 is 18.2 Å². The zero-order valence-corrected chi connectivity index (χ0v) is 15.0. The molecule has 1 saturated heterocycles. The predicted octanol–water partition coefficient (Wildman–Crippen LogP) is 3.46. The lowest BCUT2D eigenvalue weighted by Gasteiger charge is -2.73. The molecular formula is C17H22F3N3O3. The van der Waals surface area contributed by atoms with Crippen molar-refractivity contribution in [2.75, 3.05) is 13.1 Å². The van der Waals surface area contributed by atoms with Gasteiger partial charge in [-0.25, -0.2) is 4.79 Å². The molecule has 0 spiro atoms. The lowest BCUT2D eigenvalue weighted by atomic mass is 9.31. The van der Waals surface area contributed by atoms with E-state index in [0.717, 1.165) is 19.3 Å². The summed E-state index contributed by atoms with van der Waals surface area (Å²) < 4.78 is 47.9. The summed E-state index contributed by atoms with van der Waals surface area (Å²) in [6.45, 7) is 6.86. The van der Waals surface area contributed by atoms with Crippen LogP contribution in [0.3, 0.4) is 0 Å². The van der Waals surface area contributed by atoms with Crippen LogP contribution in [0.15, 0.2) is 4.42 Å². The maximum absolute atomic E-state index is 12.4. The zero-order chi connectivity index (χ0) is 19.0. The SMILES string of the molecule is CC(C)(C)OC(=O)N1CC(C23CC(c4nnc(CC(F)(F)F)o4)(C2)C3)C1. The van der Waals surface area contributed by atoms with Crippen molar-refractivity contribution in [1.82, 2.24) is 15.1 Å². The molecule has 9 heteroatoms. The molecule has 1 amide bonds. The van der Waals surface area contributed by atoms with Crippen molar-refractivity contribution >= 4 is 6.09 Å². The first-order valence-corrected chi connectivity index (χ1v) is 8.77. The number of carbonyl (C=O) groups is 1. The molecule has 0 aromatic carbocycles. The smallest absolute Gasteiger partial charge is 0.410 e. The van der Waals surface area contributed by atoms with Gasteiger partial charge in [-0.05, 0) is 45.4 Å². The highest BCUT2D eigenvalue weighted by atomic mass is 19.4. The van der Waals surface area contributed by atoms with Gasteiger partial charge >= 0.3 is 12.3 Å². The van der Waals surface area contributed by atoms with Gasteiger partial charge in [-0.15, -0.1) is 10.2 Å². The molecule has 6 nitrogen and oxygen atoms in total. The summed E-state index contributed by atoms with van der Waals surface area (Å²) in [7, 11) is 0. The molecule has 0 atom stereocenters. The topological polar surface area (TPSA) is 68.5 Å². The minimum absolute atomic E-state index is 0.164. The largest absolute Gasteiger partial charge is 0.444 e. The van der Waals surface area contributed by atoms with E-state index in [-0.39, 0.29) is 22.8 Å². The van der Waals surface area contributed by atoms with Gasteiger partial charge in [0.2, 0.25) is 11.8 Å². The van der Waals surface area contributed by atoms with Crippen LogP contribution in [0, 0.1) is 11.3 Å². The summed E-state index contributed by atoms with van der Waals surface area (Å²) in [4.78, 5) is 13.7. The maximum Gasteiger partial charge on any atom is 0.410 e. The number of alkyl halides is 3. The second kappa shape index (κ2) is 5.13. The molecule has 1 aliphatic heterocycles. The summed E-state index contributed by atoms with van der Waals surface area (Å²) in [6.07, 6.45) is -3.28. The summed E-state index contributed by atoms with van der Waals surface area (Å²) in [5, 5.41) is 7.39. The quantitative estimate of drug-likeness (QED) is 0.812. The average molecular weight is 373 g/mol. The molecule has 26 heavy (non-hydrogen) atoms. The van der Waals surface area contributed by atoms with Gasteiger partial charge in [-0.3, -0.25) is 0 Å². The van der Waals surface area contributed by atoms with E-state index in [2.05, 4.69) is 10.2 Å². The molecule has 4 fully saturated rings. The van der Waals surface area contributed by atoms with Crippen LogP contribution in [-0.2, 0) is 16.6 Å². The fraction of sp³-hybridized carbons (Fsp3) is 0.824. The Kier molecular flexibility index (Phi) is 3.48. The molecule has 0 unspecified atom stereocenters. The Labute approximate surface area is 149 Å². The number of aromatic nitrogens is 2. The zero-order valence-electron chi connectivity index (χ0n) is 15.0. The average Bonchev–Trinajstić information content (AvgIpc) is 2.71. The third kappa shape index (κ3) is 2.85. The fourth-order valence-electron chi connectivity index (χ4n) is 4.58. The Morgan fingerprint density at radius 2 is 1.85 bits per heavy atom. The predicted molar refractivity (Wildman–Crippen MR) is 83.3 cm³/mol. The van der Waals surface area contributed by atoms with Gasteiger partial charge in [-0.1, -0.05) is 0 Å². The van der Waals surface area contributed by atoms with Crippen LogP contribution in [0.1, 0.15) is 51.8 Å². The summed E-state index contributed by atoms with van der Waals surface area (Å²) in [6, 6.07) is 0. The van der Waals surface area contributed by atoms with Crippen LogP contribution in [0.5, 0.6) is 0 Å². The van der Waals surface area contributed by atoms with Crippen molar-refractivity contribution in [3.05, 3.63) is 11.8 Å². The van der Waals surface area contributed by atoms with Crippen LogP contribution in [0.2, 0.25) is 0 Å². The van der Waals surface area contributed by atoms with Crippen molar-refractivity contribution in [3.8, 4) is 0 Å². The third-order valence-corrected chi connectivity index (χ3v) is 5.74. The van der Waals surface area contributed by atoms with Gasteiger partial charge in [0, 0.05) is 19.0 Å². The summed E-state index contributed by atoms with van der Waals surface area (Å²) >= 11 is 0. The highest BCUT2D eigenvalue weighted by Gasteiger charge is 2.74. The molecule has 144 valence electrons. The molecule has 2 heterocycles. The minimum Gasteiger partial charge on any atom is -0.444 e. The number of halogens is 3. The Hall–Kier alpha value is -1.80. The molecule has 2 bridgehead atoms. The second-order valence-corrected chi connectivity index (χ2v) is 9.05. The number of nitrogens with zero attached hydrogens (tertiary/aromatic N) is 3. The Morgan fingerprint density at radius 3 is 2.38 bits per heavy atom. The standard InChI is InChI=1S/C17H22F3N3O3/c1-14(2,3)26-13(24)23-5-10(6-23)15-7-16(8-15,9-15)12-22-21-11(25-12)4-17(18,19)20/h10H,4-9H2,1-3H3. The third-order valence-electron chi connectivity index (χ3n) is 5.74. The van der Waals surface area contributed by atoms with Gasteiger partial charge in [0.15, 0.2) is 0 Å². The first kappa shape index (κ1) is 17.6. The Bertz CT molecular complexity index is 712. The van der Waals surface area contributed by atoms with Crippen LogP contribution < -0.4 is 0 Å². The second-order valence-electron chi connectivity index (χ2n) is 9.05. The van der Waals surface area contributed by atoms with Crippen LogP contribution in [-0.4, -0.2) is 46.1 Å². The van der Waals surface area contributed by atoms with Crippen molar-refractivity contribution in [2.24, 2.45) is 11.3 Å². The highest BCUT2D eigenvalue weighted by Crippen LogP contribution is 2.77. The molecule has 0 radical (unpaired) electrons. The van der Waals surface area contributed by atoms with Crippen molar-refractivity contribution in [3.63, 3.8) is 0 Å². The lowest BCUT2D eigenvalue weighted by Crippen LogP contribution is -2.73. The monoisotopic (exact) mass is 373 g/mol. The molecule has 3 saturated carbocycles. The molecule has 5 rings (SSSR count). The van der Waals surface area contributed by atoms with Crippen LogP contribution in [0.4, 0.5) is 18.0 Å². The first-order valence-electron chi connectivity index (χ1n) is 8.77. The van der Waals surface area contributed by atoms with Gasteiger partial charge in [0.25, 0.3) is 0 Å². The van der Waals surface area contributed by atoms with Gasteiger partial charge in [0.1, 0.15) is 12.0 Å². The van der Waals surface area contributed by atoms with Gasteiger partial charge in [0.05, 0.1) is 5.41 Å². The van der Waals surface area contributed by atoms with E-state index in [4.69, 9.17) is 9.15 Å². The number of ether oxygens (including phenoxy) is 1. The number of carbonyl (C=O) groups excluding carboxylic acids is 1. The van der Waals surface area contributed by atoms with E-state index in [9.17, 15) is 18.0 Å². The number of hydrogen-bond donors (Lipinski definition) is 0. The van der Waals surface area contributed by atoms with E-state index >= 15 is 0 Å². The van der Waals surface area contributed by atoms with Crippen LogP contribution in [0.25, 0.3) is 0 Å². The van der Waals surface area contributed by atoms with E-state index in [1.807, 2.05) is 20.8 Å². The number of amides is 1. The normalized spacial score (nSPS) is 31.1. The minimum atomic E-state index is -4.35. The molecular weight excluding hydrogens is 351 g/mol. The Morgan fingerprint density at radius 1 is 1.23 bits per heavy atom. The van der Waals surface area contributed by atoms with Crippen LogP contribution >= 0.6 is 0 Å². The molecule has 4 aliphatic rings. The van der Waals surface area contributed by atoms with E-state index in [0.29, 0.717) is 24.9 Å². The van der Waals surface area contributed by atoms with Crippen molar-refractivity contribution < 1.29 is 27.1 Å². The fourth-order valence-corrected chi connectivity index (χ4v) is 4.58. The van der Waals surface area contributed by atoms with Crippen molar-refractivity contribution in [1.29, 1.82) is 0 Å². The number of hydrogen-bond acceptors (Lipinski definition) is 5. The number of rotatable bonds is 3. The summed E-state index contributed by atoms with van der Waals surface area (Å²) in [5.74, 6) is 0.377. The first-order chi connectivity index (χ1) is 11.9. The number of likely N-dealkylation sites (tertiary alicyclic amines) is 1. The Balaban J connectivity index is 1.29. The van der Waals surface area contributed by atoms with E-state index in [1.54, 1.807) is 4.90 Å². The molecule has 1 aromatic heterocycles. The highest BCUT2D eigenvalue weighted by molar-refractivity contribution is 5.69. The molecule has 0 N–H and O–H groups in total. The maximum atomic E-state index is 12.4. The van der Waals surface area contributed by atoms with E-state index in [1.165, 1.54) is 0 Å². The van der Waals surface area contributed by atoms with Gasteiger partial charge in [-0.2, -0.15) is 13.2 Å². The summed E-state index contributed by atoms with van der Waals surface area (Å²) in [5.41, 5.74) is -0.588.